The Hall–Kier alpha value is -2.22. The first-order chi connectivity index (χ1) is 11.1. The number of benzene rings is 1. The van der Waals surface area contributed by atoms with E-state index >= 15 is 0 Å². The van der Waals surface area contributed by atoms with Gasteiger partial charge in [-0.3, -0.25) is 4.90 Å². The number of rotatable bonds is 6. The van der Waals surface area contributed by atoms with Gasteiger partial charge in [0.25, 0.3) is 0 Å². The molecular weight excluding hydrogens is 304 g/mol. The van der Waals surface area contributed by atoms with Crippen molar-refractivity contribution in [3.05, 3.63) is 29.8 Å². The molecule has 1 atom stereocenters. The molecule has 0 aromatic heterocycles. The van der Waals surface area contributed by atoms with Crippen LogP contribution in [0.15, 0.2) is 24.3 Å². The summed E-state index contributed by atoms with van der Waals surface area (Å²) in [6.45, 7) is -1.10. The van der Waals surface area contributed by atoms with Gasteiger partial charge in [-0.2, -0.15) is 19.3 Å². The molecule has 1 aromatic carbocycles. The van der Waals surface area contributed by atoms with Crippen LogP contribution >= 0.6 is 0 Å². The van der Waals surface area contributed by atoms with E-state index in [4.69, 9.17) is 10.00 Å². The average molecular weight is 321 g/mol. The lowest BCUT2D eigenvalue weighted by Crippen LogP contribution is -2.50. The molecule has 0 amide bonds. The third-order valence-corrected chi connectivity index (χ3v) is 3.88. The van der Waals surface area contributed by atoms with Crippen LogP contribution in [-0.2, 0) is 10.3 Å². The van der Waals surface area contributed by atoms with Gasteiger partial charge in [0, 0.05) is 25.1 Å². The van der Waals surface area contributed by atoms with Crippen LogP contribution in [0.4, 0.5) is 8.78 Å². The fourth-order valence-corrected chi connectivity index (χ4v) is 2.84. The number of nitrogens with zero attached hydrogens (tertiary/aromatic N) is 3. The first-order valence-electron chi connectivity index (χ1n) is 7.29. The predicted molar refractivity (Wildman–Crippen MR) is 77.6 cm³/mol. The topological polar surface area (TPSA) is 69.3 Å². The summed E-state index contributed by atoms with van der Waals surface area (Å²) in [6, 6.07) is 10.5. The number of alkyl halides is 2. The van der Waals surface area contributed by atoms with E-state index in [1.165, 1.54) is 6.07 Å². The normalized spacial score (nSPS) is 18.0. The number of hydrogen-bond donors (Lipinski definition) is 0. The molecule has 0 radical (unpaired) electrons. The second-order valence-corrected chi connectivity index (χ2v) is 5.10. The van der Waals surface area contributed by atoms with Crippen molar-refractivity contribution in [1.82, 2.24) is 4.90 Å². The molecule has 0 N–H and O–H groups in total. The number of hydrogen-bond acceptors (Lipinski definition) is 5. The van der Waals surface area contributed by atoms with Crippen molar-refractivity contribution in [3.63, 3.8) is 0 Å². The van der Waals surface area contributed by atoms with Crippen molar-refractivity contribution < 1.29 is 18.3 Å². The van der Waals surface area contributed by atoms with Gasteiger partial charge in [0.2, 0.25) is 0 Å². The Kier molecular flexibility index (Phi) is 5.86. The van der Waals surface area contributed by atoms with Crippen LogP contribution < -0.4 is 4.74 Å². The molecule has 0 aliphatic carbocycles. The van der Waals surface area contributed by atoms with Crippen molar-refractivity contribution in [2.45, 2.75) is 25.0 Å². The summed E-state index contributed by atoms with van der Waals surface area (Å²) in [6.07, 6.45) is 0.345. The minimum atomic E-state index is -2.98. The van der Waals surface area contributed by atoms with Crippen molar-refractivity contribution in [2.24, 2.45) is 0 Å². The van der Waals surface area contributed by atoms with Gasteiger partial charge in [-0.15, -0.1) is 0 Å². The molecule has 1 heterocycles. The number of para-hydroxylation sites is 1. The highest BCUT2D eigenvalue weighted by molar-refractivity contribution is 5.43. The first-order valence-corrected chi connectivity index (χ1v) is 7.29. The Balaban J connectivity index is 2.48. The fraction of sp³-hybridized carbons (Fsp3) is 0.500. The van der Waals surface area contributed by atoms with Crippen molar-refractivity contribution >= 4 is 0 Å². The molecule has 1 saturated heterocycles. The lowest BCUT2D eigenvalue weighted by molar-refractivity contribution is -0.0537. The van der Waals surface area contributed by atoms with Gasteiger partial charge in [0.15, 0.2) is 0 Å². The zero-order chi connectivity index (χ0) is 16.7. The Labute approximate surface area is 133 Å². The molecule has 1 aromatic rings. The number of morpholine rings is 1. The standard InChI is InChI=1S/C16H17F2N3O2/c17-15(18)23-14-5-2-1-4-13(14)16(12-20,6-3-7-19)21-8-10-22-11-9-21/h1-2,4-5,15H,3,6,8-11H2. The van der Waals surface area contributed by atoms with Crippen LogP contribution in [0.3, 0.4) is 0 Å². The van der Waals surface area contributed by atoms with Gasteiger partial charge in [-0.1, -0.05) is 18.2 Å². The maximum absolute atomic E-state index is 12.7. The zero-order valence-corrected chi connectivity index (χ0v) is 12.5. The van der Waals surface area contributed by atoms with Gasteiger partial charge in [-0.25, -0.2) is 0 Å². The van der Waals surface area contributed by atoms with E-state index in [1.54, 1.807) is 18.2 Å². The van der Waals surface area contributed by atoms with Crippen LogP contribution in [0.2, 0.25) is 0 Å². The van der Waals surface area contributed by atoms with Crippen LogP contribution in [0.5, 0.6) is 5.75 Å². The van der Waals surface area contributed by atoms with Gasteiger partial charge < -0.3 is 9.47 Å². The Morgan fingerprint density at radius 3 is 2.57 bits per heavy atom. The maximum Gasteiger partial charge on any atom is 0.387 e. The molecule has 0 spiro atoms. The van der Waals surface area contributed by atoms with E-state index in [0.29, 0.717) is 31.9 Å². The molecule has 0 saturated carbocycles. The SMILES string of the molecule is N#CCCC(C#N)(c1ccccc1OC(F)F)N1CCOCC1. The van der Waals surface area contributed by atoms with Gasteiger partial charge in [-0.05, 0) is 12.5 Å². The molecule has 122 valence electrons. The molecule has 2 rings (SSSR count). The van der Waals surface area contributed by atoms with Gasteiger partial charge in [0.05, 0.1) is 25.4 Å². The lowest BCUT2D eigenvalue weighted by Gasteiger charge is -2.41. The minimum Gasteiger partial charge on any atom is -0.434 e. The number of halogens is 2. The maximum atomic E-state index is 12.7. The summed E-state index contributed by atoms with van der Waals surface area (Å²) in [7, 11) is 0. The highest BCUT2D eigenvalue weighted by atomic mass is 19.3. The van der Waals surface area contributed by atoms with Crippen LogP contribution in [0.25, 0.3) is 0 Å². The molecule has 1 unspecified atom stereocenters. The highest BCUT2D eigenvalue weighted by Gasteiger charge is 2.41. The molecule has 1 aliphatic heterocycles. The number of ether oxygens (including phenoxy) is 2. The molecule has 1 aliphatic rings. The Bertz CT molecular complexity index is 606. The Morgan fingerprint density at radius 2 is 1.96 bits per heavy atom. The van der Waals surface area contributed by atoms with Crippen LogP contribution in [0.1, 0.15) is 18.4 Å². The van der Waals surface area contributed by atoms with Gasteiger partial charge >= 0.3 is 6.61 Å². The second-order valence-electron chi connectivity index (χ2n) is 5.10. The van der Waals surface area contributed by atoms with Gasteiger partial charge in [0.1, 0.15) is 11.3 Å². The third kappa shape index (κ3) is 3.76. The van der Waals surface area contributed by atoms with Crippen molar-refractivity contribution in [1.29, 1.82) is 10.5 Å². The molecule has 5 nitrogen and oxygen atoms in total. The quantitative estimate of drug-likeness (QED) is 0.805. The highest BCUT2D eigenvalue weighted by Crippen LogP contribution is 2.39. The summed E-state index contributed by atoms with van der Waals surface area (Å²) in [4.78, 5) is 1.88. The Morgan fingerprint density at radius 1 is 1.26 bits per heavy atom. The zero-order valence-electron chi connectivity index (χ0n) is 12.5. The molecule has 23 heavy (non-hydrogen) atoms. The van der Waals surface area contributed by atoms with Crippen LogP contribution in [0, 0.1) is 22.7 Å². The van der Waals surface area contributed by atoms with E-state index in [9.17, 15) is 14.0 Å². The number of nitriles is 2. The van der Waals surface area contributed by atoms with E-state index in [0.717, 1.165) is 0 Å². The van der Waals surface area contributed by atoms with E-state index in [2.05, 4.69) is 10.8 Å². The smallest absolute Gasteiger partial charge is 0.387 e. The summed E-state index contributed by atoms with van der Waals surface area (Å²) >= 11 is 0. The molecule has 7 heteroatoms. The predicted octanol–water partition coefficient (Wildman–Crippen LogP) is 2.64. The largest absolute Gasteiger partial charge is 0.434 e. The molecule has 1 fully saturated rings. The average Bonchev–Trinajstić information content (AvgIpc) is 2.57. The van der Waals surface area contributed by atoms with Crippen LogP contribution in [-0.4, -0.2) is 37.8 Å². The summed E-state index contributed by atoms with van der Waals surface area (Å²) < 4.78 is 35.3. The van der Waals surface area contributed by atoms with E-state index < -0.39 is 12.2 Å². The van der Waals surface area contributed by atoms with Crippen molar-refractivity contribution in [3.8, 4) is 17.9 Å². The summed E-state index contributed by atoms with van der Waals surface area (Å²) in [5.74, 6) is -0.0338. The molecular formula is C16H17F2N3O2. The minimum absolute atomic E-state index is 0.0338. The monoisotopic (exact) mass is 321 g/mol. The first kappa shape index (κ1) is 17.1. The second kappa shape index (κ2) is 7.87. The third-order valence-electron chi connectivity index (χ3n) is 3.88. The van der Waals surface area contributed by atoms with Crippen molar-refractivity contribution in [2.75, 3.05) is 26.3 Å². The molecule has 0 bridgehead atoms. The summed E-state index contributed by atoms with van der Waals surface area (Å²) in [5, 5.41) is 18.8. The summed E-state index contributed by atoms with van der Waals surface area (Å²) in [5.41, 5.74) is -0.828. The van der Waals surface area contributed by atoms with E-state index in [-0.39, 0.29) is 18.6 Å². The lowest BCUT2D eigenvalue weighted by atomic mass is 9.84. The van der Waals surface area contributed by atoms with E-state index in [1.807, 2.05) is 11.0 Å². The fourth-order valence-electron chi connectivity index (χ4n) is 2.84.